The third-order valence-electron chi connectivity index (χ3n) is 3.62. The van der Waals surface area contributed by atoms with Gasteiger partial charge in [-0.3, -0.25) is 4.79 Å². The largest absolute Gasteiger partial charge is 0.468 e. The van der Waals surface area contributed by atoms with E-state index in [1.807, 2.05) is 0 Å². The minimum atomic E-state index is -0.897. The highest BCUT2D eigenvalue weighted by Crippen LogP contribution is 2.16. The molecule has 2 unspecified atom stereocenters. The molecule has 112 valence electrons. The van der Waals surface area contributed by atoms with Crippen LogP contribution in [0.5, 0.6) is 0 Å². The van der Waals surface area contributed by atoms with Gasteiger partial charge in [0.1, 0.15) is 5.54 Å². The zero-order valence-electron chi connectivity index (χ0n) is 12.5. The molecular weight excluding hydrogens is 244 g/mol. The van der Waals surface area contributed by atoms with Crippen molar-refractivity contribution in [3.63, 3.8) is 0 Å². The van der Waals surface area contributed by atoms with Gasteiger partial charge in [0.2, 0.25) is 0 Å². The number of rotatable bonds is 7. The summed E-state index contributed by atoms with van der Waals surface area (Å²) in [5, 5.41) is 0. The number of hydrogen-bond acceptors (Lipinski definition) is 5. The third-order valence-corrected chi connectivity index (χ3v) is 3.62. The van der Waals surface area contributed by atoms with E-state index in [4.69, 9.17) is 15.2 Å². The van der Waals surface area contributed by atoms with Crippen molar-refractivity contribution >= 4 is 5.97 Å². The predicted molar refractivity (Wildman–Crippen MR) is 74.9 cm³/mol. The molecule has 1 heterocycles. The fraction of sp³-hybridized carbons (Fsp3) is 0.929. The van der Waals surface area contributed by atoms with Gasteiger partial charge in [0.25, 0.3) is 0 Å². The molecule has 5 nitrogen and oxygen atoms in total. The van der Waals surface area contributed by atoms with Gasteiger partial charge in [0.15, 0.2) is 0 Å². The highest BCUT2D eigenvalue weighted by molar-refractivity contribution is 5.79. The maximum atomic E-state index is 11.5. The van der Waals surface area contributed by atoms with E-state index in [0.29, 0.717) is 12.5 Å². The number of nitrogens with two attached hydrogens (primary N) is 1. The molecule has 2 N–H and O–H groups in total. The number of piperidine rings is 1. The first kappa shape index (κ1) is 16.4. The quantitative estimate of drug-likeness (QED) is 0.705. The zero-order chi connectivity index (χ0) is 14.3. The molecule has 5 heteroatoms. The van der Waals surface area contributed by atoms with Gasteiger partial charge in [-0.05, 0) is 39.2 Å². The van der Waals surface area contributed by atoms with Crippen molar-refractivity contribution in [2.75, 3.05) is 33.4 Å². The summed E-state index contributed by atoms with van der Waals surface area (Å²) in [6.45, 7) is 7.49. The lowest BCUT2D eigenvalue weighted by Crippen LogP contribution is -2.49. The molecule has 1 rings (SSSR count). The van der Waals surface area contributed by atoms with Crippen LogP contribution in [0.15, 0.2) is 0 Å². The predicted octanol–water partition coefficient (Wildman–Crippen LogP) is 1.16. The second kappa shape index (κ2) is 7.82. The van der Waals surface area contributed by atoms with E-state index in [0.717, 1.165) is 45.5 Å². The second-order valence-corrected chi connectivity index (χ2v) is 5.59. The Morgan fingerprint density at radius 2 is 2.26 bits per heavy atom. The van der Waals surface area contributed by atoms with Crippen LogP contribution >= 0.6 is 0 Å². The first-order chi connectivity index (χ1) is 8.99. The van der Waals surface area contributed by atoms with Crippen molar-refractivity contribution < 1.29 is 14.3 Å². The monoisotopic (exact) mass is 272 g/mol. The molecular formula is C14H28N2O3. The van der Waals surface area contributed by atoms with Gasteiger partial charge in [-0.1, -0.05) is 6.92 Å². The Labute approximate surface area is 116 Å². The standard InChI is InChI=1S/C14H28N2O3/c1-4-10-19-12-6-5-8-16(11-12)9-7-14(2,15)13(17)18-3/h12H,4-11,15H2,1-3H3. The Morgan fingerprint density at radius 1 is 1.53 bits per heavy atom. The lowest BCUT2D eigenvalue weighted by molar-refractivity contribution is -0.146. The fourth-order valence-electron chi connectivity index (χ4n) is 2.36. The summed E-state index contributed by atoms with van der Waals surface area (Å²) in [5.41, 5.74) is 5.07. The number of esters is 1. The van der Waals surface area contributed by atoms with Gasteiger partial charge in [-0.25, -0.2) is 0 Å². The van der Waals surface area contributed by atoms with Gasteiger partial charge in [-0.2, -0.15) is 0 Å². The lowest BCUT2D eigenvalue weighted by Gasteiger charge is -2.34. The summed E-state index contributed by atoms with van der Waals surface area (Å²) in [7, 11) is 1.38. The zero-order valence-corrected chi connectivity index (χ0v) is 12.5. The van der Waals surface area contributed by atoms with E-state index in [-0.39, 0.29) is 5.97 Å². The Bertz CT molecular complexity index is 282. The van der Waals surface area contributed by atoms with E-state index in [2.05, 4.69) is 11.8 Å². The van der Waals surface area contributed by atoms with Crippen LogP contribution in [-0.4, -0.2) is 55.9 Å². The van der Waals surface area contributed by atoms with Crippen molar-refractivity contribution in [3.8, 4) is 0 Å². The maximum absolute atomic E-state index is 11.5. The van der Waals surface area contributed by atoms with Crippen molar-refractivity contribution in [2.24, 2.45) is 5.73 Å². The Kier molecular flexibility index (Phi) is 6.75. The van der Waals surface area contributed by atoms with Crippen LogP contribution in [0.4, 0.5) is 0 Å². The average Bonchev–Trinajstić information content (AvgIpc) is 2.42. The number of hydrogen-bond donors (Lipinski definition) is 1. The summed E-state index contributed by atoms with van der Waals surface area (Å²) in [5.74, 6) is -0.344. The molecule has 0 spiro atoms. The van der Waals surface area contributed by atoms with Gasteiger partial charge >= 0.3 is 5.97 Å². The second-order valence-electron chi connectivity index (χ2n) is 5.59. The van der Waals surface area contributed by atoms with Crippen LogP contribution in [0, 0.1) is 0 Å². The van der Waals surface area contributed by atoms with Crippen LogP contribution in [0.3, 0.4) is 0 Å². The summed E-state index contributed by atoms with van der Waals surface area (Å²) >= 11 is 0. The van der Waals surface area contributed by atoms with Crippen LogP contribution in [0.25, 0.3) is 0 Å². The van der Waals surface area contributed by atoms with Gasteiger partial charge in [0.05, 0.1) is 13.2 Å². The SMILES string of the molecule is CCCOC1CCCN(CCC(C)(N)C(=O)OC)C1. The van der Waals surface area contributed by atoms with Crippen LogP contribution in [-0.2, 0) is 14.3 Å². The fourth-order valence-corrected chi connectivity index (χ4v) is 2.36. The topological polar surface area (TPSA) is 64.8 Å². The minimum absolute atomic E-state index is 0.329. The Morgan fingerprint density at radius 3 is 2.89 bits per heavy atom. The molecule has 0 aromatic heterocycles. The van der Waals surface area contributed by atoms with Gasteiger partial charge in [-0.15, -0.1) is 0 Å². The lowest BCUT2D eigenvalue weighted by atomic mass is 9.98. The Balaban J connectivity index is 2.34. The number of carbonyl (C=O) groups is 1. The molecule has 1 saturated heterocycles. The molecule has 0 saturated carbocycles. The van der Waals surface area contributed by atoms with E-state index >= 15 is 0 Å². The number of methoxy groups -OCH3 is 1. The van der Waals surface area contributed by atoms with Crippen molar-refractivity contribution in [3.05, 3.63) is 0 Å². The molecule has 19 heavy (non-hydrogen) atoms. The highest BCUT2D eigenvalue weighted by Gasteiger charge is 2.30. The molecule has 0 amide bonds. The smallest absolute Gasteiger partial charge is 0.325 e. The number of nitrogens with zero attached hydrogens (tertiary/aromatic N) is 1. The average molecular weight is 272 g/mol. The molecule has 1 aliphatic rings. The van der Waals surface area contributed by atoms with Crippen molar-refractivity contribution in [1.82, 2.24) is 4.90 Å². The number of carbonyl (C=O) groups excluding carboxylic acids is 1. The summed E-state index contributed by atoms with van der Waals surface area (Å²) in [4.78, 5) is 13.9. The van der Waals surface area contributed by atoms with Gasteiger partial charge < -0.3 is 20.1 Å². The van der Waals surface area contributed by atoms with Crippen molar-refractivity contribution in [2.45, 2.75) is 51.2 Å². The normalized spacial score (nSPS) is 23.9. The number of ether oxygens (including phenoxy) is 2. The molecule has 0 bridgehead atoms. The molecule has 1 aliphatic heterocycles. The number of likely N-dealkylation sites (tertiary alicyclic amines) is 1. The maximum Gasteiger partial charge on any atom is 0.325 e. The van der Waals surface area contributed by atoms with Gasteiger partial charge in [0, 0.05) is 19.7 Å². The minimum Gasteiger partial charge on any atom is -0.468 e. The van der Waals surface area contributed by atoms with E-state index in [9.17, 15) is 4.79 Å². The van der Waals surface area contributed by atoms with E-state index in [1.54, 1.807) is 6.92 Å². The third kappa shape index (κ3) is 5.47. The molecule has 2 atom stereocenters. The van der Waals surface area contributed by atoms with E-state index in [1.165, 1.54) is 7.11 Å². The molecule has 0 radical (unpaired) electrons. The van der Waals surface area contributed by atoms with Crippen LogP contribution in [0.2, 0.25) is 0 Å². The molecule has 0 aromatic carbocycles. The van der Waals surface area contributed by atoms with E-state index < -0.39 is 5.54 Å². The van der Waals surface area contributed by atoms with Crippen LogP contribution in [0.1, 0.15) is 39.5 Å². The molecule has 0 aromatic rings. The Hall–Kier alpha value is -0.650. The van der Waals surface area contributed by atoms with Crippen molar-refractivity contribution in [1.29, 1.82) is 0 Å². The first-order valence-corrected chi connectivity index (χ1v) is 7.21. The summed E-state index contributed by atoms with van der Waals surface area (Å²) < 4.78 is 10.5. The first-order valence-electron chi connectivity index (χ1n) is 7.21. The molecule has 1 fully saturated rings. The van der Waals surface area contributed by atoms with Crippen LogP contribution < -0.4 is 5.73 Å². The molecule has 0 aliphatic carbocycles. The highest BCUT2D eigenvalue weighted by atomic mass is 16.5. The summed E-state index contributed by atoms with van der Waals surface area (Å²) in [6.07, 6.45) is 4.28. The summed E-state index contributed by atoms with van der Waals surface area (Å²) in [6, 6.07) is 0.